The van der Waals surface area contributed by atoms with Crippen molar-refractivity contribution in [3.8, 4) is 0 Å². The van der Waals surface area contributed by atoms with Gasteiger partial charge in [-0.25, -0.2) is 0 Å². The molecule has 13 heavy (non-hydrogen) atoms. The molecule has 0 saturated heterocycles. The minimum Gasteiger partial charge on any atom is -0.0844 e. The number of allylic oxidation sites excluding steroid dienone is 6. The van der Waals surface area contributed by atoms with Crippen LogP contribution in [-0.4, -0.2) is 0 Å². The van der Waals surface area contributed by atoms with Crippen LogP contribution in [0.1, 0.15) is 40.0 Å². The SMILES string of the molecule is CCC(C)C1=CCC=CCC=C1C. The number of hydrogen-bond acceptors (Lipinski definition) is 0. The predicted octanol–water partition coefficient (Wildman–Crippen LogP) is 4.26. The van der Waals surface area contributed by atoms with Crippen LogP contribution in [0.15, 0.2) is 35.5 Å². The van der Waals surface area contributed by atoms with Crippen molar-refractivity contribution in [2.75, 3.05) is 0 Å². The van der Waals surface area contributed by atoms with Gasteiger partial charge in [-0.05, 0) is 37.7 Å². The Morgan fingerprint density at radius 3 is 2.46 bits per heavy atom. The molecule has 0 heterocycles. The van der Waals surface area contributed by atoms with E-state index < -0.39 is 0 Å². The van der Waals surface area contributed by atoms with Gasteiger partial charge in [-0.3, -0.25) is 0 Å². The van der Waals surface area contributed by atoms with E-state index in [2.05, 4.69) is 45.1 Å². The lowest BCUT2D eigenvalue weighted by Crippen LogP contribution is -2.00. The van der Waals surface area contributed by atoms with Crippen molar-refractivity contribution in [3.63, 3.8) is 0 Å². The van der Waals surface area contributed by atoms with E-state index >= 15 is 0 Å². The zero-order chi connectivity index (χ0) is 9.68. The van der Waals surface area contributed by atoms with Gasteiger partial charge in [-0.15, -0.1) is 0 Å². The molecule has 0 amide bonds. The molecule has 0 heteroatoms. The Kier molecular flexibility index (Phi) is 4.01. The lowest BCUT2D eigenvalue weighted by atomic mass is 9.90. The highest BCUT2D eigenvalue weighted by molar-refractivity contribution is 5.32. The monoisotopic (exact) mass is 176 g/mol. The van der Waals surface area contributed by atoms with E-state index in [9.17, 15) is 0 Å². The maximum absolute atomic E-state index is 2.37. The lowest BCUT2D eigenvalue weighted by Gasteiger charge is -2.15. The summed E-state index contributed by atoms with van der Waals surface area (Å²) in [6.45, 7) is 6.80. The fourth-order valence-electron chi connectivity index (χ4n) is 1.72. The van der Waals surface area contributed by atoms with Gasteiger partial charge in [0.25, 0.3) is 0 Å². The van der Waals surface area contributed by atoms with Gasteiger partial charge >= 0.3 is 0 Å². The fourth-order valence-corrected chi connectivity index (χ4v) is 1.72. The molecule has 1 rings (SSSR count). The average Bonchev–Trinajstić information content (AvgIpc) is 2.11. The van der Waals surface area contributed by atoms with E-state index in [0.29, 0.717) is 5.92 Å². The molecule has 1 atom stereocenters. The van der Waals surface area contributed by atoms with Crippen LogP contribution in [0.5, 0.6) is 0 Å². The molecule has 1 aliphatic carbocycles. The van der Waals surface area contributed by atoms with Crippen LogP contribution in [0.25, 0.3) is 0 Å². The summed E-state index contributed by atoms with van der Waals surface area (Å²) in [6, 6.07) is 0. The molecule has 0 nitrogen and oxygen atoms in total. The fraction of sp³-hybridized carbons (Fsp3) is 0.538. The summed E-state index contributed by atoms with van der Waals surface area (Å²) in [4.78, 5) is 0. The van der Waals surface area contributed by atoms with Gasteiger partial charge in [-0.1, -0.05) is 43.7 Å². The van der Waals surface area contributed by atoms with Crippen LogP contribution < -0.4 is 0 Å². The first-order valence-electron chi connectivity index (χ1n) is 5.28. The van der Waals surface area contributed by atoms with Crippen LogP contribution in [-0.2, 0) is 0 Å². The van der Waals surface area contributed by atoms with E-state index in [0.717, 1.165) is 12.8 Å². The molecular formula is C13H20. The van der Waals surface area contributed by atoms with Crippen LogP contribution in [0.3, 0.4) is 0 Å². The molecule has 0 aliphatic heterocycles. The van der Waals surface area contributed by atoms with Crippen LogP contribution in [0.4, 0.5) is 0 Å². The quantitative estimate of drug-likeness (QED) is 0.552. The molecule has 0 saturated carbocycles. The predicted molar refractivity (Wildman–Crippen MR) is 59.7 cm³/mol. The number of hydrogen-bond donors (Lipinski definition) is 0. The number of rotatable bonds is 2. The van der Waals surface area contributed by atoms with E-state index in [-0.39, 0.29) is 0 Å². The highest BCUT2D eigenvalue weighted by Crippen LogP contribution is 2.24. The highest BCUT2D eigenvalue weighted by Gasteiger charge is 2.07. The Balaban J connectivity index is 2.84. The highest BCUT2D eigenvalue weighted by atomic mass is 14.1. The summed E-state index contributed by atoms with van der Waals surface area (Å²) in [5, 5.41) is 0. The van der Waals surface area contributed by atoms with Crippen LogP contribution in [0.2, 0.25) is 0 Å². The molecule has 0 fully saturated rings. The van der Waals surface area contributed by atoms with Gasteiger partial charge in [0.1, 0.15) is 0 Å². The van der Waals surface area contributed by atoms with Gasteiger partial charge in [0.2, 0.25) is 0 Å². The van der Waals surface area contributed by atoms with Crippen molar-refractivity contribution in [3.05, 3.63) is 35.5 Å². The Morgan fingerprint density at radius 1 is 1.23 bits per heavy atom. The lowest BCUT2D eigenvalue weighted by molar-refractivity contribution is 0.658. The second kappa shape index (κ2) is 5.06. The molecule has 1 unspecified atom stereocenters. The Labute approximate surface area is 82.0 Å². The van der Waals surface area contributed by atoms with E-state index in [1.165, 1.54) is 12.0 Å². The summed E-state index contributed by atoms with van der Waals surface area (Å²) in [7, 11) is 0. The topological polar surface area (TPSA) is 0 Å². The first kappa shape index (κ1) is 10.3. The molecule has 0 N–H and O–H groups in total. The average molecular weight is 176 g/mol. The molecule has 0 spiro atoms. The Hall–Kier alpha value is -0.780. The zero-order valence-corrected chi connectivity index (χ0v) is 9.01. The summed E-state index contributed by atoms with van der Waals surface area (Å²) in [6.07, 6.45) is 12.6. The summed E-state index contributed by atoms with van der Waals surface area (Å²) in [5.41, 5.74) is 3.02. The van der Waals surface area contributed by atoms with Crippen molar-refractivity contribution in [1.82, 2.24) is 0 Å². The Morgan fingerprint density at radius 2 is 1.85 bits per heavy atom. The Bertz CT molecular complexity index is 241. The van der Waals surface area contributed by atoms with Gasteiger partial charge in [0.15, 0.2) is 0 Å². The molecule has 72 valence electrons. The standard InChI is InChI=1S/C13H20/c1-4-11(2)13-10-8-6-5-7-9-12(13)3/h5-6,9-11H,4,7-8H2,1-3H3. The van der Waals surface area contributed by atoms with Gasteiger partial charge in [-0.2, -0.15) is 0 Å². The third-order valence-electron chi connectivity index (χ3n) is 2.80. The molecule has 0 aromatic carbocycles. The van der Waals surface area contributed by atoms with E-state index in [1.54, 1.807) is 5.57 Å². The third-order valence-corrected chi connectivity index (χ3v) is 2.80. The van der Waals surface area contributed by atoms with Gasteiger partial charge < -0.3 is 0 Å². The minimum atomic E-state index is 0.711. The second-order valence-corrected chi connectivity index (χ2v) is 3.80. The summed E-state index contributed by atoms with van der Waals surface area (Å²) < 4.78 is 0. The second-order valence-electron chi connectivity index (χ2n) is 3.80. The smallest absolute Gasteiger partial charge is 0.0163 e. The van der Waals surface area contributed by atoms with E-state index in [4.69, 9.17) is 0 Å². The summed E-state index contributed by atoms with van der Waals surface area (Å²) >= 11 is 0. The maximum Gasteiger partial charge on any atom is -0.0163 e. The summed E-state index contributed by atoms with van der Waals surface area (Å²) in [5.74, 6) is 0.711. The van der Waals surface area contributed by atoms with Gasteiger partial charge in [0.05, 0.1) is 0 Å². The maximum atomic E-state index is 2.37. The first-order chi connectivity index (χ1) is 6.25. The molecule has 0 aromatic heterocycles. The van der Waals surface area contributed by atoms with Crippen molar-refractivity contribution in [2.45, 2.75) is 40.0 Å². The van der Waals surface area contributed by atoms with Crippen molar-refractivity contribution >= 4 is 0 Å². The molecule has 0 aromatic rings. The largest absolute Gasteiger partial charge is 0.0844 e. The normalized spacial score (nSPS) is 19.9. The third kappa shape index (κ3) is 2.87. The first-order valence-corrected chi connectivity index (χ1v) is 5.28. The van der Waals surface area contributed by atoms with Crippen molar-refractivity contribution in [2.24, 2.45) is 5.92 Å². The van der Waals surface area contributed by atoms with Crippen LogP contribution >= 0.6 is 0 Å². The van der Waals surface area contributed by atoms with Crippen molar-refractivity contribution in [1.29, 1.82) is 0 Å². The minimum absolute atomic E-state index is 0.711. The zero-order valence-electron chi connectivity index (χ0n) is 9.01. The molecule has 0 bridgehead atoms. The van der Waals surface area contributed by atoms with Crippen molar-refractivity contribution < 1.29 is 0 Å². The molecule has 0 radical (unpaired) electrons. The molecule has 1 aliphatic rings. The van der Waals surface area contributed by atoms with E-state index in [1.807, 2.05) is 0 Å². The van der Waals surface area contributed by atoms with Gasteiger partial charge in [0, 0.05) is 0 Å². The van der Waals surface area contributed by atoms with Crippen LogP contribution in [0, 0.1) is 5.92 Å². The molecular weight excluding hydrogens is 156 g/mol.